The predicted octanol–water partition coefficient (Wildman–Crippen LogP) is 3.09. The van der Waals surface area contributed by atoms with Gasteiger partial charge in [-0.2, -0.15) is 0 Å². The molecule has 22 heavy (non-hydrogen) atoms. The molecule has 1 N–H and O–H groups in total. The molecule has 1 aliphatic heterocycles. The van der Waals surface area contributed by atoms with Gasteiger partial charge in [0.05, 0.1) is 0 Å². The molecule has 3 rings (SSSR count). The van der Waals surface area contributed by atoms with E-state index in [0.717, 1.165) is 30.3 Å². The molecule has 1 fully saturated rings. The van der Waals surface area contributed by atoms with Crippen LogP contribution in [0.25, 0.3) is 0 Å². The van der Waals surface area contributed by atoms with Gasteiger partial charge in [0.1, 0.15) is 13.2 Å². The van der Waals surface area contributed by atoms with Crippen LogP contribution in [0.4, 0.5) is 0 Å². The van der Waals surface area contributed by atoms with Crippen molar-refractivity contribution in [2.45, 2.75) is 44.9 Å². The van der Waals surface area contributed by atoms with Crippen LogP contribution in [0.1, 0.15) is 44.1 Å². The Labute approximate surface area is 132 Å². The quantitative estimate of drug-likeness (QED) is 0.878. The molecule has 1 amide bonds. The summed E-state index contributed by atoms with van der Waals surface area (Å²) in [6.07, 6.45) is 7.86. The molecular formula is C18H25NO3. The zero-order chi connectivity index (χ0) is 15.2. The molecule has 4 heteroatoms. The molecule has 0 saturated heterocycles. The van der Waals surface area contributed by atoms with Crippen molar-refractivity contribution < 1.29 is 14.3 Å². The first kappa shape index (κ1) is 15.2. The summed E-state index contributed by atoms with van der Waals surface area (Å²) in [4.78, 5) is 11.9. The van der Waals surface area contributed by atoms with Crippen molar-refractivity contribution >= 4 is 5.91 Å². The zero-order valence-electron chi connectivity index (χ0n) is 13.1. The van der Waals surface area contributed by atoms with E-state index in [2.05, 4.69) is 5.32 Å². The molecule has 0 atom stereocenters. The third kappa shape index (κ3) is 4.15. The number of hydrogen-bond donors (Lipinski definition) is 1. The Morgan fingerprint density at radius 1 is 1.14 bits per heavy atom. The van der Waals surface area contributed by atoms with Gasteiger partial charge in [0.15, 0.2) is 11.5 Å². The maximum absolute atomic E-state index is 11.9. The first-order valence-corrected chi connectivity index (χ1v) is 8.46. The minimum atomic E-state index is 0.185. The van der Waals surface area contributed by atoms with Gasteiger partial charge in [-0.25, -0.2) is 0 Å². The molecule has 0 unspecified atom stereocenters. The molecule has 120 valence electrons. The molecule has 0 aromatic heterocycles. The minimum Gasteiger partial charge on any atom is -0.486 e. The van der Waals surface area contributed by atoms with Gasteiger partial charge < -0.3 is 14.8 Å². The van der Waals surface area contributed by atoms with Crippen LogP contribution in [-0.2, 0) is 11.2 Å². The summed E-state index contributed by atoms with van der Waals surface area (Å²) >= 11 is 0. The summed E-state index contributed by atoms with van der Waals surface area (Å²) in [5, 5.41) is 3.02. The number of rotatable bonds is 6. The van der Waals surface area contributed by atoms with E-state index < -0.39 is 0 Å². The number of carbonyl (C=O) groups is 1. The molecule has 0 spiro atoms. The van der Waals surface area contributed by atoms with Crippen LogP contribution >= 0.6 is 0 Å². The van der Waals surface area contributed by atoms with Crippen LogP contribution in [0.15, 0.2) is 18.2 Å². The highest BCUT2D eigenvalue weighted by molar-refractivity contribution is 5.75. The maximum Gasteiger partial charge on any atom is 0.220 e. The van der Waals surface area contributed by atoms with Gasteiger partial charge in [-0.15, -0.1) is 0 Å². The Balaban J connectivity index is 1.38. The lowest BCUT2D eigenvalue weighted by Gasteiger charge is -2.18. The average Bonchev–Trinajstić information content (AvgIpc) is 3.06. The van der Waals surface area contributed by atoms with Crippen molar-refractivity contribution in [1.82, 2.24) is 5.32 Å². The third-order valence-corrected chi connectivity index (χ3v) is 4.60. The average molecular weight is 303 g/mol. The van der Waals surface area contributed by atoms with Gasteiger partial charge in [-0.1, -0.05) is 31.7 Å². The van der Waals surface area contributed by atoms with Crippen molar-refractivity contribution in [3.63, 3.8) is 0 Å². The number of hydrogen-bond acceptors (Lipinski definition) is 3. The summed E-state index contributed by atoms with van der Waals surface area (Å²) in [5.41, 5.74) is 1.17. The molecule has 1 aromatic carbocycles. The first-order chi connectivity index (χ1) is 10.8. The van der Waals surface area contributed by atoms with Gasteiger partial charge in [-0.3, -0.25) is 4.79 Å². The third-order valence-electron chi connectivity index (χ3n) is 4.60. The highest BCUT2D eigenvalue weighted by atomic mass is 16.6. The van der Waals surface area contributed by atoms with Crippen LogP contribution in [-0.4, -0.2) is 25.7 Å². The Morgan fingerprint density at radius 3 is 2.73 bits per heavy atom. The lowest BCUT2D eigenvalue weighted by atomic mass is 10.0. The predicted molar refractivity (Wildman–Crippen MR) is 85.3 cm³/mol. The zero-order valence-corrected chi connectivity index (χ0v) is 13.1. The highest BCUT2D eigenvalue weighted by Gasteiger charge is 2.16. The van der Waals surface area contributed by atoms with Crippen molar-refractivity contribution in [1.29, 1.82) is 0 Å². The number of fused-ring (bicyclic) bond motifs is 1. The van der Waals surface area contributed by atoms with Crippen LogP contribution in [0.5, 0.6) is 11.5 Å². The topological polar surface area (TPSA) is 47.6 Å². The fourth-order valence-electron chi connectivity index (χ4n) is 3.31. The summed E-state index contributed by atoms with van der Waals surface area (Å²) in [6.45, 7) is 1.90. The number of benzene rings is 1. The van der Waals surface area contributed by atoms with Crippen LogP contribution in [0.2, 0.25) is 0 Å². The first-order valence-electron chi connectivity index (χ1n) is 8.46. The molecule has 1 aliphatic carbocycles. The van der Waals surface area contributed by atoms with Crippen molar-refractivity contribution in [3.05, 3.63) is 23.8 Å². The Morgan fingerprint density at radius 2 is 1.91 bits per heavy atom. The summed E-state index contributed by atoms with van der Waals surface area (Å²) in [7, 11) is 0. The Bertz CT molecular complexity index is 509. The number of carbonyl (C=O) groups excluding carboxylic acids is 1. The van der Waals surface area contributed by atoms with Crippen LogP contribution in [0, 0.1) is 5.92 Å². The SMILES string of the molecule is O=C(CCC1CCCC1)NCCc1ccc2c(c1)OCCO2. The van der Waals surface area contributed by atoms with Gasteiger partial charge in [0, 0.05) is 13.0 Å². The number of ether oxygens (including phenoxy) is 2. The largest absolute Gasteiger partial charge is 0.486 e. The van der Waals surface area contributed by atoms with Gasteiger partial charge >= 0.3 is 0 Å². The van der Waals surface area contributed by atoms with Crippen LogP contribution in [0.3, 0.4) is 0 Å². The fraction of sp³-hybridized carbons (Fsp3) is 0.611. The van der Waals surface area contributed by atoms with E-state index in [1.807, 2.05) is 18.2 Å². The van der Waals surface area contributed by atoms with E-state index >= 15 is 0 Å². The molecule has 1 heterocycles. The maximum atomic E-state index is 11.9. The van der Waals surface area contributed by atoms with Crippen molar-refractivity contribution in [2.75, 3.05) is 19.8 Å². The fourth-order valence-corrected chi connectivity index (χ4v) is 3.31. The molecular weight excluding hydrogens is 278 g/mol. The Kier molecular flexibility index (Phi) is 5.20. The summed E-state index contributed by atoms with van der Waals surface area (Å²) in [5.74, 6) is 2.60. The second kappa shape index (κ2) is 7.52. The van der Waals surface area contributed by atoms with Crippen molar-refractivity contribution in [3.8, 4) is 11.5 Å². The minimum absolute atomic E-state index is 0.185. The molecule has 1 saturated carbocycles. The highest BCUT2D eigenvalue weighted by Crippen LogP contribution is 2.31. The van der Waals surface area contributed by atoms with E-state index in [4.69, 9.17) is 9.47 Å². The Hall–Kier alpha value is -1.71. The number of nitrogens with one attached hydrogen (secondary N) is 1. The summed E-state index contributed by atoms with van der Waals surface area (Å²) in [6, 6.07) is 6.00. The van der Waals surface area contributed by atoms with Crippen LogP contribution < -0.4 is 14.8 Å². The number of amides is 1. The monoisotopic (exact) mass is 303 g/mol. The van der Waals surface area contributed by atoms with Gasteiger partial charge in [-0.05, 0) is 36.5 Å². The lowest BCUT2D eigenvalue weighted by Crippen LogP contribution is -2.25. The van der Waals surface area contributed by atoms with Crippen molar-refractivity contribution in [2.24, 2.45) is 5.92 Å². The van der Waals surface area contributed by atoms with E-state index in [0.29, 0.717) is 26.2 Å². The molecule has 2 aliphatic rings. The van der Waals surface area contributed by atoms with E-state index in [1.54, 1.807) is 0 Å². The summed E-state index contributed by atoms with van der Waals surface area (Å²) < 4.78 is 11.1. The van der Waals surface area contributed by atoms with Gasteiger partial charge in [0.2, 0.25) is 5.91 Å². The molecule has 4 nitrogen and oxygen atoms in total. The second-order valence-electron chi connectivity index (χ2n) is 6.27. The normalized spacial score (nSPS) is 17.5. The van der Waals surface area contributed by atoms with Gasteiger partial charge in [0.25, 0.3) is 0 Å². The lowest BCUT2D eigenvalue weighted by molar-refractivity contribution is -0.121. The molecule has 0 bridgehead atoms. The standard InChI is InChI=1S/C18H25NO3/c20-18(8-6-14-3-1-2-4-14)19-10-9-15-5-7-16-17(13-15)22-12-11-21-16/h5,7,13-14H,1-4,6,8-12H2,(H,19,20). The molecule has 1 aromatic rings. The second-order valence-corrected chi connectivity index (χ2v) is 6.27. The van der Waals surface area contributed by atoms with E-state index in [-0.39, 0.29) is 5.91 Å². The smallest absolute Gasteiger partial charge is 0.220 e. The van der Waals surface area contributed by atoms with E-state index in [9.17, 15) is 4.79 Å². The molecule has 0 radical (unpaired) electrons. The van der Waals surface area contributed by atoms with E-state index in [1.165, 1.54) is 31.2 Å².